The van der Waals surface area contributed by atoms with Crippen molar-refractivity contribution in [3.05, 3.63) is 120 Å². The van der Waals surface area contributed by atoms with E-state index in [0.29, 0.717) is 19.6 Å². The number of amides is 2. The van der Waals surface area contributed by atoms with Crippen molar-refractivity contribution in [2.24, 2.45) is 0 Å². The van der Waals surface area contributed by atoms with Crippen LogP contribution in [0.1, 0.15) is 41.2 Å². The summed E-state index contributed by atoms with van der Waals surface area (Å²) in [6, 6.07) is 23.2. The van der Waals surface area contributed by atoms with Gasteiger partial charge in [0.2, 0.25) is 5.91 Å². The number of aromatic nitrogens is 1. The molecular formula is C29H30FN3O3. The molecular weight excluding hydrogens is 457 g/mol. The van der Waals surface area contributed by atoms with Gasteiger partial charge >= 0.3 is 0 Å². The van der Waals surface area contributed by atoms with Crippen LogP contribution in [0, 0.1) is 5.82 Å². The number of nitrogens with zero attached hydrogens (tertiary/aromatic N) is 3. The molecule has 4 aromatic rings. The van der Waals surface area contributed by atoms with Gasteiger partial charge in [-0.15, -0.1) is 0 Å². The maximum absolute atomic E-state index is 13.6. The van der Waals surface area contributed by atoms with Crippen molar-refractivity contribution in [2.75, 3.05) is 6.54 Å². The second-order valence-electron chi connectivity index (χ2n) is 8.99. The summed E-state index contributed by atoms with van der Waals surface area (Å²) >= 11 is 0. The first-order chi connectivity index (χ1) is 17.4. The number of carbonyl (C=O) groups excluding carboxylic acids is 2. The normalized spacial score (nSPS) is 11.0. The van der Waals surface area contributed by atoms with E-state index in [4.69, 9.17) is 4.42 Å². The van der Waals surface area contributed by atoms with Gasteiger partial charge in [-0.2, -0.15) is 0 Å². The van der Waals surface area contributed by atoms with Crippen LogP contribution >= 0.6 is 0 Å². The molecule has 0 saturated heterocycles. The zero-order valence-corrected chi connectivity index (χ0v) is 20.5. The predicted octanol–water partition coefficient (Wildman–Crippen LogP) is 5.35. The van der Waals surface area contributed by atoms with E-state index >= 15 is 0 Å². The molecule has 0 bridgehead atoms. The fourth-order valence-electron chi connectivity index (χ4n) is 4.04. The highest BCUT2D eigenvalue weighted by molar-refractivity contribution is 5.94. The SMILES string of the molecule is CC(C)N(CC(=O)N(Cc1ccccc1)Cc1cccn1Cc1ccc(F)cc1)C(=O)c1ccco1. The predicted molar refractivity (Wildman–Crippen MR) is 136 cm³/mol. The molecule has 0 N–H and O–H groups in total. The Kier molecular flexibility index (Phi) is 8.00. The molecule has 0 atom stereocenters. The van der Waals surface area contributed by atoms with Gasteiger partial charge in [0.15, 0.2) is 5.76 Å². The number of rotatable bonds is 10. The van der Waals surface area contributed by atoms with Crippen LogP contribution in [0.2, 0.25) is 0 Å². The standard InChI is InChI=1S/C29H30FN3O3/c1-22(2)33(29(35)27-11-7-17-36-27)21-28(34)32(19-23-8-4-3-5-9-23)20-26-10-6-16-31(26)18-24-12-14-25(30)15-13-24/h3-17,22H,18-21H2,1-2H3. The van der Waals surface area contributed by atoms with Gasteiger partial charge in [0.05, 0.1) is 12.8 Å². The van der Waals surface area contributed by atoms with Gasteiger partial charge in [-0.05, 0) is 61.4 Å². The Hall–Kier alpha value is -4.13. The summed E-state index contributed by atoms with van der Waals surface area (Å²) in [4.78, 5) is 29.9. The molecule has 4 rings (SSSR count). The van der Waals surface area contributed by atoms with Crippen molar-refractivity contribution in [1.82, 2.24) is 14.4 Å². The summed E-state index contributed by atoms with van der Waals surface area (Å²) in [6.07, 6.45) is 3.40. The van der Waals surface area contributed by atoms with Crippen molar-refractivity contribution < 1.29 is 18.4 Å². The maximum Gasteiger partial charge on any atom is 0.290 e. The molecule has 0 spiro atoms. The second kappa shape index (κ2) is 11.5. The van der Waals surface area contributed by atoms with E-state index in [9.17, 15) is 14.0 Å². The lowest BCUT2D eigenvalue weighted by atomic mass is 10.2. The molecule has 2 aromatic heterocycles. The number of hydrogen-bond donors (Lipinski definition) is 0. The average Bonchev–Trinajstić information content (AvgIpc) is 3.56. The molecule has 186 valence electrons. The third kappa shape index (κ3) is 6.30. The Balaban J connectivity index is 1.55. The van der Waals surface area contributed by atoms with Crippen LogP contribution < -0.4 is 0 Å². The summed E-state index contributed by atoms with van der Waals surface area (Å²) in [5.74, 6) is -0.547. The molecule has 0 saturated carbocycles. The van der Waals surface area contributed by atoms with E-state index in [-0.39, 0.29) is 36.0 Å². The van der Waals surface area contributed by atoms with Gasteiger partial charge in [-0.1, -0.05) is 42.5 Å². The third-order valence-electron chi connectivity index (χ3n) is 6.03. The van der Waals surface area contributed by atoms with E-state index in [1.54, 1.807) is 29.2 Å². The lowest BCUT2D eigenvalue weighted by Gasteiger charge is -2.30. The van der Waals surface area contributed by atoms with Gasteiger partial charge in [0.25, 0.3) is 5.91 Å². The molecule has 2 heterocycles. The minimum Gasteiger partial charge on any atom is -0.459 e. The van der Waals surface area contributed by atoms with Crippen molar-refractivity contribution in [3.63, 3.8) is 0 Å². The first kappa shape index (κ1) is 25.0. The zero-order valence-electron chi connectivity index (χ0n) is 20.5. The largest absolute Gasteiger partial charge is 0.459 e. The van der Waals surface area contributed by atoms with Crippen LogP contribution in [0.3, 0.4) is 0 Å². The summed E-state index contributed by atoms with van der Waals surface area (Å²) < 4.78 is 20.7. The Bertz CT molecular complexity index is 1260. The number of hydrogen-bond acceptors (Lipinski definition) is 3. The summed E-state index contributed by atoms with van der Waals surface area (Å²) in [5, 5.41) is 0. The van der Waals surface area contributed by atoms with Crippen LogP contribution in [-0.2, 0) is 24.4 Å². The van der Waals surface area contributed by atoms with Crippen molar-refractivity contribution in [2.45, 2.75) is 39.5 Å². The topological polar surface area (TPSA) is 58.7 Å². The zero-order chi connectivity index (χ0) is 25.5. The van der Waals surface area contributed by atoms with Crippen molar-refractivity contribution in [3.8, 4) is 0 Å². The van der Waals surface area contributed by atoms with Crippen molar-refractivity contribution in [1.29, 1.82) is 0 Å². The second-order valence-corrected chi connectivity index (χ2v) is 8.99. The number of carbonyl (C=O) groups is 2. The van der Waals surface area contributed by atoms with E-state index in [1.807, 2.05) is 67.1 Å². The Labute approximate surface area is 210 Å². The third-order valence-corrected chi connectivity index (χ3v) is 6.03. The van der Waals surface area contributed by atoms with Crippen LogP contribution in [0.4, 0.5) is 4.39 Å². The Morgan fingerprint density at radius 1 is 0.889 bits per heavy atom. The fourth-order valence-corrected chi connectivity index (χ4v) is 4.04. The lowest BCUT2D eigenvalue weighted by molar-refractivity contribution is -0.133. The molecule has 6 nitrogen and oxygen atoms in total. The van der Waals surface area contributed by atoms with Crippen LogP contribution in [0.25, 0.3) is 0 Å². The number of benzene rings is 2. The van der Waals surface area contributed by atoms with E-state index in [1.165, 1.54) is 23.3 Å². The van der Waals surface area contributed by atoms with E-state index < -0.39 is 0 Å². The van der Waals surface area contributed by atoms with Crippen molar-refractivity contribution >= 4 is 11.8 Å². The fraction of sp³-hybridized carbons (Fsp3) is 0.241. The molecule has 7 heteroatoms. The quantitative estimate of drug-likeness (QED) is 0.303. The van der Waals surface area contributed by atoms with Crippen LogP contribution in [0.5, 0.6) is 0 Å². The molecule has 2 amide bonds. The molecule has 0 aliphatic rings. The molecule has 0 aliphatic heterocycles. The minimum absolute atomic E-state index is 0.0668. The van der Waals surface area contributed by atoms with Gasteiger partial charge in [0.1, 0.15) is 12.4 Å². The van der Waals surface area contributed by atoms with Crippen LogP contribution in [0.15, 0.2) is 95.7 Å². The number of halogens is 1. The summed E-state index contributed by atoms with van der Waals surface area (Å²) in [7, 11) is 0. The first-order valence-electron chi connectivity index (χ1n) is 12.0. The highest BCUT2D eigenvalue weighted by Crippen LogP contribution is 2.16. The van der Waals surface area contributed by atoms with Gasteiger partial charge in [0, 0.05) is 31.0 Å². The number of furan rings is 1. The summed E-state index contributed by atoms with van der Waals surface area (Å²) in [6.45, 7) is 5.02. The maximum atomic E-state index is 13.6. The molecule has 0 unspecified atom stereocenters. The average molecular weight is 488 g/mol. The Morgan fingerprint density at radius 2 is 1.64 bits per heavy atom. The van der Waals surface area contributed by atoms with Gasteiger partial charge in [-0.25, -0.2) is 4.39 Å². The van der Waals surface area contributed by atoms with Gasteiger partial charge in [-0.3, -0.25) is 9.59 Å². The lowest BCUT2D eigenvalue weighted by Crippen LogP contribution is -2.45. The molecule has 0 radical (unpaired) electrons. The van der Waals surface area contributed by atoms with Gasteiger partial charge < -0.3 is 18.8 Å². The van der Waals surface area contributed by atoms with E-state index in [2.05, 4.69) is 0 Å². The van der Waals surface area contributed by atoms with Crippen LogP contribution in [-0.4, -0.2) is 38.8 Å². The minimum atomic E-state index is -0.317. The molecule has 2 aromatic carbocycles. The Morgan fingerprint density at radius 3 is 2.31 bits per heavy atom. The molecule has 36 heavy (non-hydrogen) atoms. The molecule has 0 aliphatic carbocycles. The smallest absolute Gasteiger partial charge is 0.290 e. The highest BCUT2D eigenvalue weighted by Gasteiger charge is 2.26. The first-order valence-corrected chi connectivity index (χ1v) is 12.0. The van der Waals surface area contributed by atoms with E-state index in [0.717, 1.165) is 16.8 Å². The highest BCUT2D eigenvalue weighted by atomic mass is 19.1. The molecule has 0 fully saturated rings. The monoisotopic (exact) mass is 487 g/mol. The summed E-state index contributed by atoms with van der Waals surface area (Å²) in [5.41, 5.74) is 2.90.